The highest BCUT2D eigenvalue weighted by molar-refractivity contribution is 5.86. The minimum Gasteiger partial charge on any atom is -0.472 e. The number of primary amides is 1. The standard InChI is InChI=1S/C19H21NO3/c1-14-7-9-17(10-8-14)23-19(18(20)21,16-11-12-22-13-16)15-5-3-2-4-6-15/h2-10,16H,11-13H2,1H3,(H2,20,21). The molecular weight excluding hydrogens is 290 g/mol. The van der Waals surface area contributed by atoms with Crippen molar-refractivity contribution in [2.75, 3.05) is 13.2 Å². The van der Waals surface area contributed by atoms with Gasteiger partial charge in [0, 0.05) is 18.1 Å². The van der Waals surface area contributed by atoms with E-state index in [1.807, 2.05) is 61.5 Å². The Morgan fingerprint density at radius 1 is 1.17 bits per heavy atom. The molecule has 2 unspecified atom stereocenters. The van der Waals surface area contributed by atoms with Crippen LogP contribution in [0.5, 0.6) is 5.75 Å². The lowest BCUT2D eigenvalue weighted by Gasteiger charge is -2.36. The van der Waals surface area contributed by atoms with Crippen LogP contribution < -0.4 is 10.5 Å². The van der Waals surface area contributed by atoms with Crippen LogP contribution in [0.2, 0.25) is 0 Å². The second-order valence-corrected chi connectivity index (χ2v) is 5.94. The van der Waals surface area contributed by atoms with Crippen LogP contribution in [0, 0.1) is 12.8 Å². The molecule has 1 saturated heterocycles. The molecule has 1 amide bonds. The molecule has 2 aromatic carbocycles. The normalized spacial score (nSPS) is 20.0. The molecule has 1 aliphatic heterocycles. The molecule has 23 heavy (non-hydrogen) atoms. The highest BCUT2D eigenvalue weighted by Crippen LogP contribution is 2.39. The van der Waals surface area contributed by atoms with Crippen molar-refractivity contribution in [2.24, 2.45) is 11.7 Å². The third kappa shape index (κ3) is 2.94. The van der Waals surface area contributed by atoms with Gasteiger partial charge in [0.05, 0.1) is 6.61 Å². The summed E-state index contributed by atoms with van der Waals surface area (Å²) in [4.78, 5) is 12.5. The average Bonchev–Trinajstić information content (AvgIpc) is 3.09. The molecule has 1 fully saturated rings. The van der Waals surface area contributed by atoms with Gasteiger partial charge in [0.15, 0.2) is 0 Å². The van der Waals surface area contributed by atoms with E-state index in [9.17, 15) is 4.79 Å². The van der Waals surface area contributed by atoms with Gasteiger partial charge in [-0.2, -0.15) is 0 Å². The average molecular weight is 311 g/mol. The number of amides is 1. The number of aryl methyl sites for hydroxylation is 1. The summed E-state index contributed by atoms with van der Waals surface area (Å²) in [6, 6.07) is 17.1. The van der Waals surface area contributed by atoms with E-state index in [0.717, 1.165) is 17.5 Å². The van der Waals surface area contributed by atoms with Crippen molar-refractivity contribution in [2.45, 2.75) is 18.9 Å². The summed E-state index contributed by atoms with van der Waals surface area (Å²) in [5, 5.41) is 0. The smallest absolute Gasteiger partial charge is 0.266 e. The number of hydrogen-bond donors (Lipinski definition) is 1. The Labute approximate surface area is 136 Å². The molecule has 0 aliphatic carbocycles. The summed E-state index contributed by atoms with van der Waals surface area (Å²) in [5.74, 6) is 0.0358. The van der Waals surface area contributed by atoms with Gasteiger partial charge in [-0.05, 0) is 25.5 Å². The molecule has 0 aromatic heterocycles. The van der Waals surface area contributed by atoms with Gasteiger partial charge in [0.25, 0.3) is 5.91 Å². The minimum atomic E-state index is -1.22. The zero-order valence-electron chi connectivity index (χ0n) is 13.2. The largest absolute Gasteiger partial charge is 0.472 e. The second kappa shape index (κ2) is 6.42. The fourth-order valence-electron chi connectivity index (χ4n) is 3.10. The van der Waals surface area contributed by atoms with Crippen LogP contribution in [0.25, 0.3) is 0 Å². The molecule has 2 atom stereocenters. The van der Waals surface area contributed by atoms with Crippen LogP contribution in [0.15, 0.2) is 54.6 Å². The number of carbonyl (C=O) groups is 1. The van der Waals surface area contributed by atoms with Gasteiger partial charge in [-0.1, -0.05) is 48.0 Å². The molecule has 2 aromatic rings. The van der Waals surface area contributed by atoms with Crippen LogP contribution in [-0.2, 0) is 15.1 Å². The SMILES string of the molecule is Cc1ccc(OC(C(N)=O)(c2ccccc2)C2CCOC2)cc1. The predicted molar refractivity (Wildman–Crippen MR) is 88.0 cm³/mol. The van der Waals surface area contributed by atoms with Gasteiger partial charge < -0.3 is 15.2 Å². The maximum Gasteiger partial charge on any atom is 0.266 e. The number of hydrogen-bond acceptors (Lipinski definition) is 3. The van der Waals surface area contributed by atoms with Crippen molar-refractivity contribution in [1.82, 2.24) is 0 Å². The third-order valence-electron chi connectivity index (χ3n) is 4.37. The molecule has 0 bridgehead atoms. The van der Waals surface area contributed by atoms with E-state index in [2.05, 4.69) is 0 Å². The van der Waals surface area contributed by atoms with E-state index in [0.29, 0.717) is 19.0 Å². The molecule has 0 saturated carbocycles. The van der Waals surface area contributed by atoms with Gasteiger partial charge in [-0.25, -0.2) is 0 Å². The summed E-state index contributed by atoms with van der Waals surface area (Å²) < 4.78 is 11.7. The van der Waals surface area contributed by atoms with Crippen molar-refractivity contribution in [3.8, 4) is 5.75 Å². The first-order valence-electron chi connectivity index (χ1n) is 7.82. The summed E-state index contributed by atoms with van der Waals surface area (Å²) in [6.07, 6.45) is 0.740. The van der Waals surface area contributed by atoms with Gasteiger partial charge in [-0.15, -0.1) is 0 Å². The zero-order chi connectivity index (χ0) is 16.3. The fraction of sp³-hybridized carbons (Fsp3) is 0.316. The Bertz CT molecular complexity index is 663. The Morgan fingerprint density at radius 2 is 1.87 bits per heavy atom. The van der Waals surface area contributed by atoms with E-state index in [1.165, 1.54) is 0 Å². The number of ether oxygens (including phenoxy) is 2. The summed E-state index contributed by atoms with van der Waals surface area (Å²) in [5.41, 5.74) is 6.52. The predicted octanol–water partition coefficient (Wildman–Crippen LogP) is 2.79. The number of rotatable bonds is 5. The van der Waals surface area contributed by atoms with E-state index >= 15 is 0 Å². The Hall–Kier alpha value is -2.33. The van der Waals surface area contributed by atoms with E-state index in [1.54, 1.807) is 0 Å². The van der Waals surface area contributed by atoms with Crippen LogP contribution in [0.4, 0.5) is 0 Å². The maximum absolute atomic E-state index is 12.5. The van der Waals surface area contributed by atoms with Crippen molar-refractivity contribution in [1.29, 1.82) is 0 Å². The number of nitrogens with two attached hydrogens (primary N) is 1. The monoisotopic (exact) mass is 311 g/mol. The third-order valence-corrected chi connectivity index (χ3v) is 4.37. The summed E-state index contributed by atoms with van der Waals surface area (Å²) >= 11 is 0. The molecule has 4 heteroatoms. The summed E-state index contributed by atoms with van der Waals surface area (Å²) in [6.45, 7) is 3.08. The molecule has 120 valence electrons. The highest BCUT2D eigenvalue weighted by atomic mass is 16.5. The van der Waals surface area contributed by atoms with E-state index in [4.69, 9.17) is 15.2 Å². The molecule has 1 heterocycles. The summed E-state index contributed by atoms with van der Waals surface area (Å²) in [7, 11) is 0. The van der Waals surface area contributed by atoms with Crippen molar-refractivity contribution in [3.63, 3.8) is 0 Å². The van der Waals surface area contributed by atoms with Gasteiger partial charge >= 0.3 is 0 Å². The molecule has 2 N–H and O–H groups in total. The van der Waals surface area contributed by atoms with Crippen molar-refractivity contribution in [3.05, 3.63) is 65.7 Å². The highest BCUT2D eigenvalue weighted by Gasteiger charge is 2.50. The Morgan fingerprint density at radius 3 is 2.43 bits per heavy atom. The van der Waals surface area contributed by atoms with Crippen molar-refractivity contribution < 1.29 is 14.3 Å². The number of benzene rings is 2. The Balaban J connectivity index is 2.07. The molecule has 1 aliphatic rings. The lowest BCUT2D eigenvalue weighted by molar-refractivity contribution is -0.140. The van der Waals surface area contributed by atoms with Gasteiger partial charge in [0.1, 0.15) is 5.75 Å². The molecule has 3 rings (SSSR count). The second-order valence-electron chi connectivity index (χ2n) is 5.94. The topological polar surface area (TPSA) is 61.5 Å². The minimum absolute atomic E-state index is 0.108. The van der Waals surface area contributed by atoms with E-state index in [-0.39, 0.29) is 5.92 Å². The molecular formula is C19H21NO3. The fourth-order valence-corrected chi connectivity index (χ4v) is 3.10. The lowest BCUT2D eigenvalue weighted by Crippen LogP contribution is -2.52. The molecule has 0 spiro atoms. The number of carbonyl (C=O) groups excluding carboxylic acids is 1. The lowest BCUT2D eigenvalue weighted by atomic mass is 9.79. The first-order chi connectivity index (χ1) is 11.1. The van der Waals surface area contributed by atoms with Crippen LogP contribution in [-0.4, -0.2) is 19.1 Å². The van der Waals surface area contributed by atoms with Crippen molar-refractivity contribution >= 4 is 5.91 Å². The van der Waals surface area contributed by atoms with Crippen LogP contribution in [0.1, 0.15) is 17.5 Å². The zero-order valence-corrected chi connectivity index (χ0v) is 13.2. The quantitative estimate of drug-likeness (QED) is 0.923. The Kier molecular flexibility index (Phi) is 4.35. The first-order valence-corrected chi connectivity index (χ1v) is 7.82. The van der Waals surface area contributed by atoms with Crippen LogP contribution >= 0.6 is 0 Å². The van der Waals surface area contributed by atoms with Gasteiger partial charge in [-0.3, -0.25) is 4.79 Å². The maximum atomic E-state index is 12.5. The van der Waals surface area contributed by atoms with Gasteiger partial charge in [0.2, 0.25) is 5.60 Å². The molecule has 4 nitrogen and oxygen atoms in total. The van der Waals surface area contributed by atoms with E-state index < -0.39 is 11.5 Å². The first kappa shape index (κ1) is 15.6. The molecule has 0 radical (unpaired) electrons. The van der Waals surface area contributed by atoms with Crippen LogP contribution in [0.3, 0.4) is 0 Å².